The maximum atomic E-state index is 12.3. The number of rotatable bonds is 4. The first-order chi connectivity index (χ1) is 10.7. The summed E-state index contributed by atoms with van der Waals surface area (Å²) in [6, 6.07) is 7.20. The molecule has 1 atom stereocenters. The second-order valence-electron chi connectivity index (χ2n) is 6.48. The van der Waals surface area contributed by atoms with Crippen LogP contribution in [0.4, 0.5) is 0 Å². The largest absolute Gasteiger partial charge is 0.391 e. The van der Waals surface area contributed by atoms with Gasteiger partial charge >= 0.3 is 0 Å². The normalized spacial score (nSPS) is 13.0. The highest BCUT2D eigenvalue weighted by atomic mass is 35.5. The Labute approximate surface area is 140 Å². The Bertz CT molecular complexity index is 706. The molecule has 0 spiro atoms. The predicted molar refractivity (Wildman–Crippen MR) is 88.9 cm³/mol. The van der Waals surface area contributed by atoms with Crippen molar-refractivity contribution in [2.24, 2.45) is 5.41 Å². The monoisotopic (exact) mass is 336 g/mol. The van der Waals surface area contributed by atoms with Crippen molar-refractivity contribution < 1.29 is 9.90 Å². The van der Waals surface area contributed by atoms with Gasteiger partial charge < -0.3 is 10.4 Å². The number of amides is 1. The molecule has 0 bridgehead atoms. The number of aliphatic hydroxyl groups is 1. The molecule has 2 aromatic rings. The first kappa shape index (κ1) is 17.4. The first-order valence-electron chi connectivity index (χ1n) is 7.35. The van der Waals surface area contributed by atoms with Gasteiger partial charge in [0.25, 0.3) is 5.91 Å². The average molecular weight is 337 g/mol. The lowest BCUT2D eigenvalue weighted by Gasteiger charge is -2.25. The fourth-order valence-electron chi connectivity index (χ4n) is 1.97. The fraction of sp³-hybridized carbons (Fsp3) is 0.438. The molecule has 23 heavy (non-hydrogen) atoms. The van der Waals surface area contributed by atoms with E-state index in [1.807, 2.05) is 32.9 Å². The van der Waals surface area contributed by atoms with Gasteiger partial charge in [-0.3, -0.25) is 4.79 Å². The summed E-state index contributed by atoms with van der Waals surface area (Å²) in [5, 5.41) is 21.1. The number of carbonyl (C=O) groups is 1. The summed E-state index contributed by atoms with van der Waals surface area (Å²) in [5.41, 5.74) is 1.15. The van der Waals surface area contributed by atoms with Gasteiger partial charge in [0.15, 0.2) is 5.69 Å². The molecule has 2 rings (SSSR count). The van der Waals surface area contributed by atoms with Gasteiger partial charge in [-0.2, -0.15) is 0 Å². The third-order valence-electron chi connectivity index (χ3n) is 3.65. The summed E-state index contributed by atoms with van der Waals surface area (Å²) in [6.07, 6.45) is -0.648. The lowest BCUT2D eigenvalue weighted by Crippen LogP contribution is -2.39. The van der Waals surface area contributed by atoms with Gasteiger partial charge in [-0.15, -0.1) is 5.10 Å². The van der Waals surface area contributed by atoms with Crippen molar-refractivity contribution in [3.63, 3.8) is 0 Å². The van der Waals surface area contributed by atoms with E-state index in [4.69, 9.17) is 11.6 Å². The van der Waals surface area contributed by atoms with E-state index in [0.717, 1.165) is 0 Å². The Morgan fingerprint density at radius 1 is 1.39 bits per heavy atom. The summed E-state index contributed by atoms with van der Waals surface area (Å²) < 4.78 is 1.53. The van der Waals surface area contributed by atoms with E-state index in [0.29, 0.717) is 16.4 Å². The van der Waals surface area contributed by atoms with Crippen molar-refractivity contribution in [3.05, 3.63) is 40.7 Å². The van der Waals surface area contributed by atoms with Crippen LogP contribution in [-0.4, -0.2) is 38.7 Å². The second-order valence-corrected chi connectivity index (χ2v) is 6.89. The SMILES string of the molecule is Cc1c(C(=O)NCC(O)C(C)(C)C)nnn1-c1ccccc1Cl. The number of halogens is 1. The molecule has 0 saturated heterocycles. The van der Waals surface area contributed by atoms with Gasteiger partial charge in [0.1, 0.15) is 0 Å². The van der Waals surface area contributed by atoms with Crippen LogP contribution in [0.3, 0.4) is 0 Å². The molecular formula is C16H21ClN4O2. The van der Waals surface area contributed by atoms with Gasteiger partial charge in [0.05, 0.1) is 22.5 Å². The molecule has 0 fully saturated rings. The van der Waals surface area contributed by atoms with Crippen molar-refractivity contribution in [3.8, 4) is 5.69 Å². The lowest BCUT2D eigenvalue weighted by atomic mass is 9.89. The van der Waals surface area contributed by atoms with Crippen LogP contribution in [0.25, 0.3) is 5.69 Å². The average Bonchev–Trinajstić information content (AvgIpc) is 2.85. The summed E-state index contributed by atoms with van der Waals surface area (Å²) in [7, 11) is 0. The molecule has 0 aliphatic carbocycles. The molecule has 0 aliphatic rings. The van der Waals surface area contributed by atoms with E-state index >= 15 is 0 Å². The second kappa shape index (κ2) is 6.68. The number of hydrogen-bond acceptors (Lipinski definition) is 4. The van der Waals surface area contributed by atoms with Crippen molar-refractivity contribution in [1.29, 1.82) is 0 Å². The topological polar surface area (TPSA) is 80.0 Å². The molecule has 0 saturated carbocycles. The van der Waals surface area contributed by atoms with Crippen molar-refractivity contribution in [2.45, 2.75) is 33.8 Å². The first-order valence-corrected chi connectivity index (χ1v) is 7.73. The molecule has 124 valence electrons. The fourth-order valence-corrected chi connectivity index (χ4v) is 2.19. The molecule has 2 N–H and O–H groups in total. The number of aromatic nitrogens is 3. The zero-order chi connectivity index (χ0) is 17.2. The summed E-state index contributed by atoms with van der Waals surface area (Å²) in [4.78, 5) is 12.3. The molecule has 6 nitrogen and oxygen atoms in total. The lowest BCUT2D eigenvalue weighted by molar-refractivity contribution is 0.0585. The molecule has 1 unspecified atom stereocenters. The molecular weight excluding hydrogens is 316 g/mol. The van der Waals surface area contributed by atoms with Crippen LogP contribution >= 0.6 is 11.6 Å². The van der Waals surface area contributed by atoms with Crippen molar-refractivity contribution in [1.82, 2.24) is 20.3 Å². The minimum absolute atomic E-state index is 0.153. The minimum atomic E-state index is -0.648. The summed E-state index contributed by atoms with van der Waals surface area (Å²) in [5.74, 6) is -0.371. The zero-order valence-electron chi connectivity index (χ0n) is 13.7. The highest BCUT2D eigenvalue weighted by molar-refractivity contribution is 6.32. The summed E-state index contributed by atoms with van der Waals surface area (Å²) >= 11 is 6.15. The van der Waals surface area contributed by atoms with Gasteiger partial charge in [0.2, 0.25) is 0 Å². The number of carbonyl (C=O) groups excluding carboxylic acids is 1. The maximum absolute atomic E-state index is 12.3. The van der Waals surface area contributed by atoms with Crippen LogP contribution in [0.15, 0.2) is 24.3 Å². The standard InChI is InChI=1S/C16H21ClN4O2/c1-10-14(15(23)18-9-13(22)16(2,3)4)19-20-21(10)12-8-6-5-7-11(12)17/h5-8,13,22H,9H2,1-4H3,(H,18,23). The maximum Gasteiger partial charge on any atom is 0.273 e. The smallest absolute Gasteiger partial charge is 0.273 e. The molecule has 1 aromatic carbocycles. The van der Waals surface area contributed by atoms with Crippen LogP contribution in [0.5, 0.6) is 0 Å². The Hall–Kier alpha value is -1.92. The van der Waals surface area contributed by atoms with Crippen LogP contribution in [0, 0.1) is 12.3 Å². The number of para-hydroxylation sites is 1. The zero-order valence-corrected chi connectivity index (χ0v) is 14.4. The van der Waals surface area contributed by atoms with E-state index in [-0.39, 0.29) is 23.6 Å². The molecule has 7 heteroatoms. The van der Waals surface area contributed by atoms with Gasteiger partial charge in [-0.1, -0.05) is 49.7 Å². The van der Waals surface area contributed by atoms with E-state index < -0.39 is 6.10 Å². The Kier molecular flexibility index (Phi) is 5.06. The Balaban J connectivity index is 2.16. The molecule has 1 aromatic heterocycles. The Morgan fingerprint density at radius 3 is 2.65 bits per heavy atom. The van der Waals surface area contributed by atoms with E-state index in [1.165, 1.54) is 4.68 Å². The van der Waals surface area contributed by atoms with Crippen LogP contribution in [0.1, 0.15) is 37.0 Å². The van der Waals surface area contributed by atoms with E-state index in [9.17, 15) is 9.90 Å². The molecule has 0 aliphatic heterocycles. The highest BCUT2D eigenvalue weighted by Gasteiger charge is 2.24. The van der Waals surface area contributed by atoms with Crippen molar-refractivity contribution >= 4 is 17.5 Å². The number of nitrogens with one attached hydrogen (secondary N) is 1. The molecule has 1 amide bonds. The van der Waals surface area contributed by atoms with Gasteiger partial charge in [0, 0.05) is 6.54 Å². The quantitative estimate of drug-likeness (QED) is 0.898. The molecule has 0 radical (unpaired) electrons. The number of benzene rings is 1. The van der Waals surface area contributed by atoms with Crippen LogP contribution in [0.2, 0.25) is 5.02 Å². The number of nitrogens with zero attached hydrogens (tertiary/aromatic N) is 3. The number of hydrogen-bond donors (Lipinski definition) is 2. The van der Waals surface area contributed by atoms with E-state index in [1.54, 1.807) is 19.1 Å². The minimum Gasteiger partial charge on any atom is -0.391 e. The predicted octanol–water partition coefficient (Wildman–Crippen LogP) is 2.37. The van der Waals surface area contributed by atoms with E-state index in [2.05, 4.69) is 15.6 Å². The van der Waals surface area contributed by atoms with Gasteiger partial charge in [-0.05, 0) is 24.5 Å². The summed E-state index contributed by atoms with van der Waals surface area (Å²) in [6.45, 7) is 7.62. The highest BCUT2D eigenvalue weighted by Crippen LogP contribution is 2.21. The van der Waals surface area contributed by atoms with Crippen LogP contribution < -0.4 is 5.32 Å². The van der Waals surface area contributed by atoms with Crippen molar-refractivity contribution in [2.75, 3.05) is 6.54 Å². The third-order valence-corrected chi connectivity index (χ3v) is 3.97. The third kappa shape index (κ3) is 3.89. The van der Waals surface area contributed by atoms with Crippen LogP contribution in [-0.2, 0) is 0 Å². The number of aliphatic hydroxyl groups excluding tert-OH is 1. The Morgan fingerprint density at radius 2 is 2.04 bits per heavy atom. The molecule has 1 heterocycles. The van der Waals surface area contributed by atoms with Gasteiger partial charge in [-0.25, -0.2) is 4.68 Å².